The van der Waals surface area contributed by atoms with Crippen LogP contribution in [0.5, 0.6) is 0 Å². The average Bonchev–Trinajstić information content (AvgIpc) is 3.37. The molecule has 31 heavy (non-hydrogen) atoms. The van der Waals surface area contributed by atoms with Gasteiger partial charge in [0.05, 0.1) is 17.1 Å². The van der Waals surface area contributed by atoms with Gasteiger partial charge in [0.25, 0.3) is 0 Å². The van der Waals surface area contributed by atoms with Crippen molar-refractivity contribution in [3.8, 4) is 11.6 Å². The molecule has 6 nitrogen and oxygen atoms in total. The fourth-order valence-electron chi connectivity index (χ4n) is 3.10. The van der Waals surface area contributed by atoms with Crippen molar-refractivity contribution in [1.29, 1.82) is 0 Å². The van der Waals surface area contributed by atoms with Crippen LogP contribution in [0, 0.1) is 6.92 Å². The fraction of sp³-hybridized carbons (Fsp3) is 0.238. The molecule has 0 aliphatic carbocycles. The minimum Gasteiger partial charge on any atom is -0.233 e. The minimum absolute atomic E-state index is 0.291. The molecule has 0 atom stereocenters. The second-order valence-electron chi connectivity index (χ2n) is 7.58. The molecule has 0 aliphatic rings. The van der Waals surface area contributed by atoms with Crippen molar-refractivity contribution in [3.05, 3.63) is 82.1 Å². The number of hydrogen-bond acceptors (Lipinski definition) is 4. The maximum atomic E-state index is 12.9. The molecule has 4 rings (SSSR count). The zero-order valence-electron chi connectivity index (χ0n) is 16.9. The Kier molecular flexibility index (Phi) is 5.20. The van der Waals surface area contributed by atoms with Gasteiger partial charge in [-0.3, -0.25) is 0 Å². The summed E-state index contributed by atoms with van der Waals surface area (Å²) in [6.07, 6.45) is -1.43. The van der Waals surface area contributed by atoms with E-state index in [-0.39, 0.29) is 0 Å². The molecule has 0 aliphatic heterocycles. The van der Waals surface area contributed by atoms with Gasteiger partial charge in [0.2, 0.25) is 0 Å². The van der Waals surface area contributed by atoms with Crippen molar-refractivity contribution in [1.82, 2.24) is 29.5 Å². The Morgan fingerprint density at radius 3 is 2.13 bits per heavy atom. The van der Waals surface area contributed by atoms with E-state index in [4.69, 9.17) is 4.98 Å². The number of aryl methyl sites for hydroxylation is 1. The van der Waals surface area contributed by atoms with Crippen LogP contribution in [0.4, 0.5) is 13.2 Å². The first-order valence-corrected chi connectivity index (χ1v) is 10.1. The van der Waals surface area contributed by atoms with E-state index >= 15 is 0 Å². The first-order valence-electron chi connectivity index (χ1n) is 9.35. The summed E-state index contributed by atoms with van der Waals surface area (Å²) in [4.78, 5) is 9.34. The lowest BCUT2D eigenvalue weighted by Gasteiger charge is -2.25. The quantitative estimate of drug-likeness (QED) is 0.391. The average molecular weight is 491 g/mol. The van der Waals surface area contributed by atoms with Crippen molar-refractivity contribution in [2.75, 3.05) is 0 Å². The predicted molar refractivity (Wildman–Crippen MR) is 112 cm³/mol. The molecule has 0 unspecified atom stereocenters. The molecule has 0 N–H and O–H groups in total. The normalized spacial score (nSPS) is 12.4. The van der Waals surface area contributed by atoms with E-state index in [1.807, 2.05) is 51.2 Å². The molecule has 0 amide bonds. The monoisotopic (exact) mass is 490 g/mol. The minimum atomic E-state index is -4.51. The molecule has 0 bridgehead atoms. The highest BCUT2D eigenvalue weighted by Gasteiger charge is 2.34. The van der Waals surface area contributed by atoms with Crippen LogP contribution < -0.4 is 0 Å². The topological polar surface area (TPSA) is 61.4 Å². The molecular weight excluding hydrogens is 473 g/mol. The molecule has 0 radical (unpaired) electrons. The first-order chi connectivity index (χ1) is 14.5. The standard InChI is InChI=1S/C21H18BrF3N6/c1-13-7-9-31(28-13)19-12-14(22)11-17(27-19)20(2,3)15-5-4-6-18(26-15)30-10-8-16(29-30)21(23,24)25/h4-12H,1-3H3. The summed E-state index contributed by atoms with van der Waals surface area (Å²) in [5, 5.41) is 8.02. The van der Waals surface area contributed by atoms with Crippen LogP contribution >= 0.6 is 15.9 Å². The van der Waals surface area contributed by atoms with E-state index in [2.05, 4.69) is 31.1 Å². The van der Waals surface area contributed by atoms with E-state index in [1.165, 1.54) is 6.20 Å². The highest BCUT2D eigenvalue weighted by Crippen LogP contribution is 2.32. The van der Waals surface area contributed by atoms with Gasteiger partial charge in [-0.15, -0.1) is 0 Å². The molecular formula is C21H18BrF3N6. The molecule has 0 saturated carbocycles. The highest BCUT2D eigenvalue weighted by molar-refractivity contribution is 9.10. The van der Waals surface area contributed by atoms with Gasteiger partial charge in [0, 0.05) is 22.3 Å². The zero-order chi connectivity index (χ0) is 22.4. The van der Waals surface area contributed by atoms with Gasteiger partial charge >= 0.3 is 6.18 Å². The van der Waals surface area contributed by atoms with Crippen LogP contribution in [-0.2, 0) is 11.6 Å². The Morgan fingerprint density at radius 2 is 1.48 bits per heavy atom. The molecule has 4 aromatic heterocycles. The third kappa shape index (κ3) is 4.25. The fourth-order valence-corrected chi connectivity index (χ4v) is 3.52. The number of hydrogen-bond donors (Lipinski definition) is 0. The Morgan fingerprint density at radius 1 is 0.806 bits per heavy atom. The molecule has 4 aromatic rings. The highest BCUT2D eigenvalue weighted by atomic mass is 79.9. The van der Waals surface area contributed by atoms with E-state index in [0.29, 0.717) is 17.3 Å². The van der Waals surface area contributed by atoms with Crippen LogP contribution in [0.25, 0.3) is 11.6 Å². The Balaban J connectivity index is 1.74. The van der Waals surface area contributed by atoms with E-state index in [0.717, 1.165) is 26.6 Å². The summed E-state index contributed by atoms with van der Waals surface area (Å²) in [5.74, 6) is 0.933. The smallest absolute Gasteiger partial charge is 0.233 e. The van der Waals surface area contributed by atoms with E-state index < -0.39 is 17.3 Å². The molecule has 0 fully saturated rings. The van der Waals surface area contributed by atoms with Crippen LogP contribution in [0.1, 0.15) is 36.6 Å². The van der Waals surface area contributed by atoms with Gasteiger partial charge in [-0.25, -0.2) is 19.3 Å². The maximum Gasteiger partial charge on any atom is 0.435 e. The molecule has 4 heterocycles. The van der Waals surface area contributed by atoms with Crippen LogP contribution in [0.3, 0.4) is 0 Å². The van der Waals surface area contributed by atoms with Gasteiger partial charge in [-0.1, -0.05) is 22.0 Å². The summed E-state index contributed by atoms with van der Waals surface area (Å²) in [6.45, 7) is 5.81. The second kappa shape index (κ2) is 7.60. The number of pyridine rings is 2. The van der Waals surface area contributed by atoms with Gasteiger partial charge in [-0.05, 0) is 57.2 Å². The molecule has 0 aromatic carbocycles. The third-order valence-electron chi connectivity index (χ3n) is 4.86. The number of alkyl halides is 3. The van der Waals surface area contributed by atoms with Crippen molar-refractivity contribution in [2.45, 2.75) is 32.4 Å². The lowest BCUT2D eigenvalue weighted by molar-refractivity contribution is -0.141. The summed E-state index contributed by atoms with van der Waals surface area (Å²) in [5.41, 5.74) is 0.631. The lowest BCUT2D eigenvalue weighted by Crippen LogP contribution is -2.23. The molecule has 0 spiro atoms. The number of aromatic nitrogens is 6. The van der Waals surface area contributed by atoms with Crippen molar-refractivity contribution in [3.63, 3.8) is 0 Å². The van der Waals surface area contributed by atoms with Crippen molar-refractivity contribution in [2.24, 2.45) is 0 Å². The maximum absolute atomic E-state index is 12.9. The lowest BCUT2D eigenvalue weighted by atomic mass is 9.84. The first kappa shape index (κ1) is 21.2. The zero-order valence-corrected chi connectivity index (χ0v) is 18.5. The Hall–Kier alpha value is -3.01. The summed E-state index contributed by atoms with van der Waals surface area (Å²) < 4.78 is 42.4. The van der Waals surface area contributed by atoms with Crippen LogP contribution in [-0.4, -0.2) is 29.5 Å². The number of nitrogens with zero attached hydrogens (tertiary/aromatic N) is 6. The molecule has 0 saturated heterocycles. The van der Waals surface area contributed by atoms with Crippen molar-refractivity contribution < 1.29 is 13.2 Å². The third-order valence-corrected chi connectivity index (χ3v) is 5.32. The van der Waals surface area contributed by atoms with E-state index in [9.17, 15) is 13.2 Å². The van der Waals surface area contributed by atoms with Gasteiger partial charge in [0.15, 0.2) is 17.3 Å². The van der Waals surface area contributed by atoms with Crippen LogP contribution in [0.15, 0.2) is 59.3 Å². The molecule has 10 heteroatoms. The summed E-state index contributed by atoms with van der Waals surface area (Å²) in [6, 6.07) is 11.7. The Bertz CT molecular complexity index is 1240. The predicted octanol–water partition coefficient (Wildman–Crippen LogP) is 5.26. The Labute approximate surface area is 184 Å². The van der Waals surface area contributed by atoms with Gasteiger partial charge in [0.1, 0.15) is 0 Å². The number of rotatable bonds is 4. The van der Waals surface area contributed by atoms with Crippen molar-refractivity contribution >= 4 is 15.9 Å². The van der Waals surface area contributed by atoms with Gasteiger partial charge < -0.3 is 0 Å². The largest absolute Gasteiger partial charge is 0.435 e. The summed E-state index contributed by atoms with van der Waals surface area (Å²) in [7, 11) is 0. The number of halogens is 4. The SMILES string of the molecule is Cc1ccn(-c2cc(Br)cc(C(C)(C)c3cccc(-n4ccc(C(F)(F)F)n4)n3)n2)n1. The molecule has 160 valence electrons. The van der Waals surface area contributed by atoms with Crippen LogP contribution in [0.2, 0.25) is 0 Å². The second-order valence-corrected chi connectivity index (χ2v) is 8.50. The summed E-state index contributed by atoms with van der Waals surface area (Å²) >= 11 is 3.53. The van der Waals surface area contributed by atoms with E-state index in [1.54, 1.807) is 16.8 Å². The van der Waals surface area contributed by atoms with Gasteiger partial charge in [-0.2, -0.15) is 23.4 Å².